The van der Waals surface area contributed by atoms with E-state index in [4.69, 9.17) is 9.78 Å². The molecule has 0 aromatic carbocycles. The number of rotatable bonds is 2. The van der Waals surface area contributed by atoms with Gasteiger partial charge in [0.1, 0.15) is 11.8 Å². The minimum Gasteiger partial charge on any atom is -0.334 e. The van der Waals surface area contributed by atoms with Gasteiger partial charge in [-0.05, 0) is 12.1 Å². The molecule has 0 aliphatic rings. The van der Waals surface area contributed by atoms with Gasteiger partial charge in [0.2, 0.25) is 0 Å². The molecule has 0 N–H and O–H groups in total. The average molecular weight is 214 g/mol. The van der Waals surface area contributed by atoms with Crippen LogP contribution in [0.3, 0.4) is 0 Å². The predicted molar refractivity (Wildman–Crippen MR) is 56.3 cm³/mol. The van der Waals surface area contributed by atoms with Crippen LogP contribution in [0.25, 0.3) is 11.5 Å². The highest BCUT2D eigenvalue weighted by Gasteiger charge is 2.11. The molecule has 0 atom stereocenters. The van der Waals surface area contributed by atoms with Crippen molar-refractivity contribution in [1.29, 1.82) is 5.26 Å². The molecular formula is C11H10N4O. The first-order valence-corrected chi connectivity index (χ1v) is 4.91. The molecule has 5 heteroatoms. The van der Waals surface area contributed by atoms with Gasteiger partial charge in [-0.25, -0.2) is 4.98 Å². The summed E-state index contributed by atoms with van der Waals surface area (Å²) < 4.78 is 5.11. The van der Waals surface area contributed by atoms with Crippen LogP contribution in [-0.2, 0) is 0 Å². The quantitative estimate of drug-likeness (QED) is 0.765. The van der Waals surface area contributed by atoms with Gasteiger partial charge in [0.25, 0.3) is 5.89 Å². The smallest absolute Gasteiger partial charge is 0.258 e. The fourth-order valence-electron chi connectivity index (χ4n) is 1.21. The molecule has 2 heterocycles. The Morgan fingerprint density at radius 1 is 1.44 bits per heavy atom. The summed E-state index contributed by atoms with van der Waals surface area (Å²) in [5.74, 6) is 1.29. The van der Waals surface area contributed by atoms with E-state index in [-0.39, 0.29) is 5.92 Å². The maximum atomic E-state index is 8.72. The number of hydrogen-bond acceptors (Lipinski definition) is 5. The maximum Gasteiger partial charge on any atom is 0.258 e. The van der Waals surface area contributed by atoms with Gasteiger partial charge < -0.3 is 4.52 Å². The maximum absolute atomic E-state index is 8.72. The summed E-state index contributed by atoms with van der Waals surface area (Å²) in [5.41, 5.74) is 1.05. The van der Waals surface area contributed by atoms with Crippen LogP contribution in [0.2, 0.25) is 0 Å². The van der Waals surface area contributed by atoms with Crippen LogP contribution in [0.4, 0.5) is 0 Å². The summed E-state index contributed by atoms with van der Waals surface area (Å²) in [5, 5.41) is 12.6. The Morgan fingerprint density at radius 2 is 2.25 bits per heavy atom. The van der Waals surface area contributed by atoms with Gasteiger partial charge in [0, 0.05) is 17.7 Å². The third-order valence-corrected chi connectivity index (χ3v) is 2.08. The van der Waals surface area contributed by atoms with E-state index < -0.39 is 0 Å². The first kappa shape index (κ1) is 10.3. The average Bonchev–Trinajstić information content (AvgIpc) is 2.78. The Hall–Kier alpha value is -2.22. The number of nitriles is 1. The lowest BCUT2D eigenvalue weighted by Crippen LogP contribution is -1.89. The van der Waals surface area contributed by atoms with Crippen LogP contribution in [0.5, 0.6) is 0 Å². The summed E-state index contributed by atoms with van der Waals surface area (Å²) in [6.45, 7) is 3.98. The molecule has 2 aromatic rings. The van der Waals surface area contributed by atoms with Crippen molar-refractivity contribution in [2.45, 2.75) is 19.8 Å². The van der Waals surface area contributed by atoms with E-state index in [9.17, 15) is 0 Å². The first-order chi connectivity index (χ1) is 7.70. The monoisotopic (exact) mass is 214 g/mol. The Kier molecular flexibility index (Phi) is 2.64. The molecule has 0 radical (unpaired) electrons. The van der Waals surface area contributed by atoms with Crippen molar-refractivity contribution >= 4 is 0 Å². The standard InChI is InChI=1S/C11H10N4O/c1-7(2)10-14-11(16-15-10)8-3-4-13-9(5-8)6-12/h3-5,7H,1-2H3. The minimum atomic E-state index is 0.217. The summed E-state index contributed by atoms with van der Waals surface area (Å²) >= 11 is 0. The minimum absolute atomic E-state index is 0.217. The Balaban J connectivity index is 2.39. The zero-order valence-electron chi connectivity index (χ0n) is 9.01. The van der Waals surface area contributed by atoms with Crippen LogP contribution in [0.15, 0.2) is 22.9 Å². The van der Waals surface area contributed by atoms with E-state index in [1.54, 1.807) is 18.3 Å². The normalized spacial score (nSPS) is 10.4. The highest BCUT2D eigenvalue weighted by molar-refractivity contribution is 5.54. The van der Waals surface area contributed by atoms with Crippen LogP contribution in [0.1, 0.15) is 31.3 Å². The topological polar surface area (TPSA) is 75.6 Å². The highest BCUT2D eigenvalue weighted by Crippen LogP contribution is 2.19. The molecule has 0 saturated carbocycles. The zero-order valence-corrected chi connectivity index (χ0v) is 9.01. The molecule has 0 bridgehead atoms. The van der Waals surface area contributed by atoms with Crippen molar-refractivity contribution in [3.63, 3.8) is 0 Å². The molecule has 0 saturated heterocycles. The van der Waals surface area contributed by atoms with Crippen molar-refractivity contribution in [3.8, 4) is 17.5 Å². The summed E-state index contributed by atoms with van der Waals surface area (Å²) in [7, 11) is 0. The van der Waals surface area contributed by atoms with Crippen LogP contribution in [0, 0.1) is 11.3 Å². The van der Waals surface area contributed by atoms with Crippen LogP contribution >= 0.6 is 0 Å². The van der Waals surface area contributed by atoms with E-state index >= 15 is 0 Å². The van der Waals surface area contributed by atoms with Gasteiger partial charge in [-0.3, -0.25) is 0 Å². The number of aromatic nitrogens is 3. The van der Waals surface area contributed by atoms with Gasteiger partial charge in [0.05, 0.1) is 0 Å². The summed E-state index contributed by atoms with van der Waals surface area (Å²) in [6.07, 6.45) is 1.55. The molecule has 0 aliphatic carbocycles. The molecule has 2 rings (SSSR count). The second kappa shape index (κ2) is 4.11. The van der Waals surface area contributed by atoms with Gasteiger partial charge in [-0.2, -0.15) is 10.2 Å². The zero-order chi connectivity index (χ0) is 11.5. The van der Waals surface area contributed by atoms with Gasteiger partial charge in [-0.1, -0.05) is 19.0 Å². The van der Waals surface area contributed by atoms with Crippen molar-refractivity contribution in [3.05, 3.63) is 29.8 Å². The molecule has 0 amide bonds. The Labute approximate surface area is 92.7 Å². The third-order valence-electron chi connectivity index (χ3n) is 2.08. The van der Waals surface area contributed by atoms with E-state index in [0.717, 1.165) is 0 Å². The summed E-state index contributed by atoms with van der Waals surface area (Å²) in [4.78, 5) is 8.11. The first-order valence-electron chi connectivity index (χ1n) is 4.91. The molecule has 5 nitrogen and oxygen atoms in total. The largest absolute Gasteiger partial charge is 0.334 e. The molecule has 0 spiro atoms. The van der Waals surface area contributed by atoms with E-state index in [1.807, 2.05) is 19.9 Å². The molecule has 0 aliphatic heterocycles. The van der Waals surface area contributed by atoms with Gasteiger partial charge in [-0.15, -0.1) is 0 Å². The van der Waals surface area contributed by atoms with Crippen molar-refractivity contribution < 1.29 is 4.52 Å². The molecule has 16 heavy (non-hydrogen) atoms. The van der Waals surface area contributed by atoms with Crippen LogP contribution < -0.4 is 0 Å². The van der Waals surface area contributed by atoms with Crippen molar-refractivity contribution in [2.24, 2.45) is 0 Å². The van der Waals surface area contributed by atoms with E-state index in [1.165, 1.54) is 0 Å². The van der Waals surface area contributed by atoms with E-state index in [2.05, 4.69) is 15.1 Å². The lowest BCUT2D eigenvalue weighted by atomic mass is 10.2. The van der Waals surface area contributed by atoms with Gasteiger partial charge >= 0.3 is 0 Å². The number of pyridine rings is 1. The van der Waals surface area contributed by atoms with Crippen molar-refractivity contribution in [2.75, 3.05) is 0 Å². The molecule has 80 valence electrons. The fraction of sp³-hybridized carbons (Fsp3) is 0.273. The Bertz CT molecular complexity index is 539. The second-order valence-corrected chi connectivity index (χ2v) is 3.65. The third kappa shape index (κ3) is 1.91. The highest BCUT2D eigenvalue weighted by atomic mass is 16.5. The Morgan fingerprint density at radius 3 is 2.88 bits per heavy atom. The van der Waals surface area contributed by atoms with E-state index in [0.29, 0.717) is 23.0 Å². The fourth-order valence-corrected chi connectivity index (χ4v) is 1.21. The molecule has 0 fully saturated rings. The second-order valence-electron chi connectivity index (χ2n) is 3.65. The molecular weight excluding hydrogens is 204 g/mol. The molecule has 0 unspecified atom stereocenters. The van der Waals surface area contributed by atoms with Crippen molar-refractivity contribution in [1.82, 2.24) is 15.1 Å². The van der Waals surface area contributed by atoms with Gasteiger partial charge in [0.15, 0.2) is 5.82 Å². The number of hydrogen-bond donors (Lipinski definition) is 0. The number of nitrogens with zero attached hydrogens (tertiary/aromatic N) is 4. The SMILES string of the molecule is CC(C)c1noc(-c2ccnc(C#N)c2)n1. The summed E-state index contributed by atoms with van der Waals surface area (Å²) in [6, 6.07) is 5.32. The van der Waals surface area contributed by atoms with Crippen LogP contribution in [-0.4, -0.2) is 15.1 Å². The lowest BCUT2D eigenvalue weighted by molar-refractivity contribution is 0.419. The predicted octanol–water partition coefficient (Wildman–Crippen LogP) is 2.13. The lowest BCUT2D eigenvalue weighted by Gasteiger charge is -1.94. The molecule has 2 aromatic heterocycles.